The van der Waals surface area contributed by atoms with Crippen LogP contribution in [0.25, 0.3) is 0 Å². The molecule has 0 aliphatic carbocycles. The number of methoxy groups -OCH3 is 1. The molecule has 1 N–H and O–H groups in total. The van der Waals surface area contributed by atoms with Gasteiger partial charge in [0.2, 0.25) is 11.8 Å². The lowest BCUT2D eigenvalue weighted by molar-refractivity contribution is -0.141. The molecule has 0 bridgehead atoms. The van der Waals surface area contributed by atoms with E-state index < -0.39 is 6.04 Å². The average molecular weight is 439 g/mol. The number of carbonyl (C=O) groups excluding carboxylic acids is 2. The molecule has 0 radical (unpaired) electrons. The molecule has 2 rings (SSSR count). The summed E-state index contributed by atoms with van der Waals surface area (Å²) >= 11 is 0. The Hall–Kier alpha value is -2.82. The number of carbonyl (C=O) groups is 2. The molecule has 0 aromatic heterocycles. The van der Waals surface area contributed by atoms with Gasteiger partial charge in [-0.25, -0.2) is 0 Å². The summed E-state index contributed by atoms with van der Waals surface area (Å²) in [5.41, 5.74) is 3.40. The molecule has 5 nitrogen and oxygen atoms in total. The van der Waals surface area contributed by atoms with Gasteiger partial charge in [0.05, 0.1) is 7.11 Å². The number of rotatable bonds is 12. The van der Waals surface area contributed by atoms with Gasteiger partial charge in [-0.3, -0.25) is 9.59 Å². The van der Waals surface area contributed by atoms with Gasteiger partial charge in [-0.2, -0.15) is 0 Å². The van der Waals surface area contributed by atoms with E-state index in [0.29, 0.717) is 38.3 Å². The van der Waals surface area contributed by atoms with Crippen LogP contribution in [0.4, 0.5) is 0 Å². The Bertz CT molecular complexity index is 844. The second kappa shape index (κ2) is 12.9. The third-order valence-electron chi connectivity index (χ3n) is 5.64. The number of nitrogens with one attached hydrogen (secondary N) is 1. The molecule has 0 aliphatic rings. The van der Waals surface area contributed by atoms with Crippen LogP contribution in [0.15, 0.2) is 48.5 Å². The van der Waals surface area contributed by atoms with Gasteiger partial charge in [0, 0.05) is 19.5 Å². The highest BCUT2D eigenvalue weighted by Gasteiger charge is 2.28. The lowest BCUT2D eigenvalue weighted by Crippen LogP contribution is -2.49. The van der Waals surface area contributed by atoms with Gasteiger partial charge in [-0.15, -0.1) is 0 Å². The average Bonchev–Trinajstić information content (AvgIpc) is 2.81. The first-order valence-electron chi connectivity index (χ1n) is 11.7. The van der Waals surface area contributed by atoms with Crippen molar-refractivity contribution in [2.45, 2.75) is 66.0 Å². The van der Waals surface area contributed by atoms with E-state index in [-0.39, 0.29) is 11.8 Å². The fourth-order valence-corrected chi connectivity index (χ4v) is 3.61. The maximum atomic E-state index is 13.3. The van der Waals surface area contributed by atoms with Gasteiger partial charge in [0.1, 0.15) is 11.8 Å². The van der Waals surface area contributed by atoms with Gasteiger partial charge in [-0.1, -0.05) is 64.1 Å². The molecule has 174 valence electrons. The number of amides is 2. The predicted octanol–water partition coefficient (Wildman–Crippen LogP) is 4.77. The first-order valence-corrected chi connectivity index (χ1v) is 11.7. The number of benzene rings is 2. The molecule has 0 fully saturated rings. The van der Waals surface area contributed by atoms with E-state index >= 15 is 0 Å². The molecule has 2 amide bonds. The monoisotopic (exact) mass is 438 g/mol. The minimum Gasteiger partial charge on any atom is -0.497 e. The molecule has 5 heteroatoms. The zero-order valence-electron chi connectivity index (χ0n) is 20.2. The zero-order valence-corrected chi connectivity index (χ0v) is 20.2. The summed E-state index contributed by atoms with van der Waals surface area (Å²) in [6.45, 7) is 9.20. The molecular formula is C27H38N2O3. The van der Waals surface area contributed by atoms with Gasteiger partial charge < -0.3 is 15.0 Å². The van der Waals surface area contributed by atoms with Crippen LogP contribution in [0.5, 0.6) is 5.75 Å². The molecule has 2 aromatic rings. The van der Waals surface area contributed by atoms with Gasteiger partial charge in [0.25, 0.3) is 0 Å². The molecule has 0 saturated carbocycles. The highest BCUT2D eigenvalue weighted by molar-refractivity contribution is 5.87. The van der Waals surface area contributed by atoms with Crippen molar-refractivity contribution in [1.29, 1.82) is 0 Å². The van der Waals surface area contributed by atoms with Crippen molar-refractivity contribution in [3.63, 3.8) is 0 Å². The molecule has 0 saturated heterocycles. The van der Waals surface area contributed by atoms with Crippen LogP contribution in [-0.4, -0.2) is 36.4 Å². The fraction of sp³-hybridized carbons (Fsp3) is 0.481. The van der Waals surface area contributed by atoms with Crippen LogP contribution in [-0.2, 0) is 29.0 Å². The van der Waals surface area contributed by atoms with Crippen LogP contribution in [0.1, 0.15) is 57.2 Å². The topological polar surface area (TPSA) is 58.6 Å². The number of nitrogens with zero attached hydrogens (tertiary/aromatic N) is 1. The summed E-state index contributed by atoms with van der Waals surface area (Å²) in [5.74, 6) is 1.03. The molecular weight excluding hydrogens is 400 g/mol. The van der Waals surface area contributed by atoms with Crippen molar-refractivity contribution < 1.29 is 14.3 Å². The van der Waals surface area contributed by atoms with E-state index in [1.807, 2.05) is 31.2 Å². The van der Waals surface area contributed by atoms with Gasteiger partial charge in [0.15, 0.2) is 0 Å². The van der Waals surface area contributed by atoms with Crippen molar-refractivity contribution >= 4 is 11.8 Å². The summed E-state index contributed by atoms with van der Waals surface area (Å²) in [5, 5.41) is 3.01. The Morgan fingerprint density at radius 2 is 1.53 bits per heavy atom. The lowest BCUT2D eigenvalue weighted by atomic mass is 10.0. The number of ether oxygens (including phenoxy) is 1. The maximum Gasteiger partial charge on any atom is 0.242 e. The van der Waals surface area contributed by atoms with Gasteiger partial charge in [-0.05, 0) is 54.0 Å². The summed E-state index contributed by atoms with van der Waals surface area (Å²) < 4.78 is 5.24. The van der Waals surface area contributed by atoms with Crippen molar-refractivity contribution in [1.82, 2.24) is 10.2 Å². The van der Waals surface area contributed by atoms with Crippen LogP contribution in [0, 0.1) is 5.92 Å². The smallest absolute Gasteiger partial charge is 0.242 e. The van der Waals surface area contributed by atoms with Crippen molar-refractivity contribution in [3.05, 3.63) is 65.2 Å². The number of aryl methyl sites for hydroxylation is 2. The highest BCUT2D eigenvalue weighted by Crippen LogP contribution is 2.18. The van der Waals surface area contributed by atoms with E-state index in [4.69, 9.17) is 4.74 Å². The SMILES string of the molecule is CCc1ccc(CCC(=O)N(Cc2ccc(OC)cc2)C(CC)C(=O)NCC(C)C)cc1. The molecule has 0 aliphatic heterocycles. The second-order valence-corrected chi connectivity index (χ2v) is 8.60. The van der Waals surface area contributed by atoms with Crippen LogP contribution >= 0.6 is 0 Å². The van der Waals surface area contributed by atoms with Crippen LogP contribution < -0.4 is 10.1 Å². The minimum absolute atomic E-state index is 0.00747. The van der Waals surface area contributed by atoms with Crippen molar-refractivity contribution in [2.24, 2.45) is 5.92 Å². The third kappa shape index (κ3) is 7.70. The highest BCUT2D eigenvalue weighted by atomic mass is 16.5. The Labute approximate surface area is 193 Å². The van der Waals surface area contributed by atoms with E-state index in [1.165, 1.54) is 5.56 Å². The van der Waals surface area contributed by atoms with E-state index in [9.17, 15) is 9.59 Å². The first-order chi connectivity index (χ1) is 15.4. The van der Waals surface area contributed by atoms with E-state index in [1.54, 1.807) is 12.0 Å². The lowest BCUT2D eigenvalue weighted by Gasteiger charge is -2.31. The summed E-state index contributed by atoms with van der Waals surface area (Å²) in [4.78, 5) is 28.0. The third-order valence-corrected chi connectivity index (χ3v) is 5.64. The fourth-order valence-electron chi connectivity index (χ4n) is 3.61. The maximum absolute atomic E-state index is 13.3. The summed E-state index contributed by atoms with van der Waals surface area (Å²) in [6, 6.07) is 15.6. The van der Waals surface area contributed by atoms with Crippen LogP contribution in [0.3, 0.4) is 0 Å². The second-order valence-electron chi connectivity index (χ2n) is 8.60. The Morgan fingerprint density at radius 3 is 2.06 bits per heavy atom. The molecule has 32 heavy (non-hydrogen) atoms. The largest absolute Gasteiger partial charge is 0.497 e. The van der Waals surface area contributed by atoms with Gasteiger partial charge >= 0.3 is 0 Å². The van der Waals surface area contributed by atoms with E-state index in [0.717, 1.165) is 23.3 Å². The first kappa shape index (κ1) is 25.4. The molecule has 1 unspecified atom stereocenters. The summed E-state index contributed by atoms with van der Waals surface area (Å²) in [6.07, 6.45) is 2.59. The normalized spacial score (nSPS) is 11.8. The Kier molecular flexibility index (Phi) is 10.3. The zero-order chi connectivity index (χ0) is 23.5. The molecule has 0 spiro atoms. The quantitative estimate of drug-likeness (QED) is 0.519. The predicted molar refractivity (Wildman–Crippen MR) is 130 cm³/mol. The summed E-state index contributed by atoms with van der Waals surface area (Å²) in [7, 11) is 1.63. The molecule has 2 aromatic carbocycles. The Morgan fingerprint density at radius 1 is 0.938 bits per heavy atom. The molecule has 1 atom stereocenters. The molecule has 0 heterocycles. The minimum atomic E-state index is -0.495. The van der Waals surface area contributed by atoms with E-state index in [2.05, 4.69) is 50.4 Å². The van der Waals surface area contributed by atoms with Crippen molar-refractivity contribution in [3.8, 4) is 5.75 Å². The van der Waals surface area contributed by atoms with Crippen molar-refractivity contribution in [2.75, 3.05) is 13.7 Å². The van der Waals surface area contributed by atoms with Crippen LogP contribution in [0.2, 0.25) is 0 Å². The number of hydrogen-bond acceptors (Lipinski definition) is 3. The number of hydrogen-bond donors (Lipinski definition) is 1. The standard InChI is InChI=1S/C27H38N2O3/c1-6-21-8-10-22(11-9-21)14-17-26(30)29(19-23-12-15-24(32-5)16-13-23)25(7-2)27(31)28-18-20(3)4/h8-13,15-16,20,25H,6-7,14,17-19H2,1-5H3,(H,28,31). The Balaban J connectivity index is 2.17.